The first kappa shape index (κ1) is 6.13. The summed E-state index contributed by atoms with van der Waals surface area (Å²) in [5, 5.41) is 0. The van der Waals surface area contributed by atoms with Crippen molar-refractivity contribution in [2.24, 2.45) is 0 Å². The van der Waals surface area contributed by atoms with Crippen molar-refractivity contribution in [1.29, 1.82) is 0 Å². The minimum absolute atomic E-state index is 0.292. The zero-order valence-corrected chi connectivity index (χ0v) is 7.67. The third-order valence-corrected chi connectivity index (χ3v) is 1.19. The second-order valence-electron chi connectivity index (χ2n) is 0.641. The molecule has 0 amide bonds. The average Bonchev–Trinajstić information content (AvgIpc) is 1.65. The van der Waals surface area contributed by atoms with Gasteiger partial charge in [-0.15, -0.1) is 0 Å². The Kier molecular flexibility index (Phi) is 3.40. The molecule has 0 aliphatic heterocycles. The Labute approximate surface area is 52.5 Å². The molecule has 0 unspecified atom stereocenters. The molecule has 0 N–H and O–H groups in total. The predicted octanol–water partition coefficient (Wildman–Crippen LogP) is -0.469. The molecule has 0 heterocycles. The van der Waals surface area contributed by atoms with Gasteiger partial charge in [-0.2, -0.15) is 0 Å². The summed E-state index contributed by atoms with van der Waals surface area (Å²) in [5.41, 5.74) is 0. The summed E-state index contributed by atoms with van der Waals surface area (Å²) in [6, 6.07) is 0. The van der Waals surface area contributed by atoms with Crippen molar-refractivity contribution >= 4 is 32.2 Å². The van der Waals surface area contributed by atoms with Crippen molar-refractivity contribution in [3.05, 3.63) is 12.7 Å². The predicted molar refractivity (Wildman–Crippen MR) is 23.4 cm³/mol. The van der Waals surface area contributed by atoms with Crippen molar-refractivity contribution < 1.29 is 7.48 Å². The van der Waals surface area contributed by atoms with Crippen LogP contribution >= 0.6 is 0 Å². The molecule has 6 heavy (non-hydrogen) atoms. The van der Waals surface area contributed by atoms with E-state index in [-0.39, 0.29) is 5.97 Å². The van der Waals surface area contributed by atoms with Gasteiger partial charge in [0.15, 0.2) is 0 Å². The quantitative estimate of drug-likeness (QED) is 0.479. The van der Waals surface area contributed by atoms with E-state index in [1.807, 2.05) is 0 Å². The van der Waals surface area contributed by atoms with Crippen molar-refractivity contribution in [2.45, 2.75) is 0 Å². The zero-order chi connectivity index (χ0) is 4.99. The van der Waals surface area contributed by atoms with E-state index in [1.54, 1.807) is 0 Å². The van der Waals surface area contributed by atoms with E-state index in [0.717, 1.165) is 6.08 Å². The molecule has 3 heteroatoms. The number of rotatable bonds is 1. The van der Waals surface area contributed by atoms with Gasteiger partial charge in [0.2, 0.25) is 0 Å². The van der Waals surface area contributed by atoms with Crippen LogP contribution in [0.2, 0.25) is 0 Å². The SMILES string of the molecule is C=CC(=O)[O][PbH]. The Morgan fingerprint density at radius 3 is 2.50 bits per heavy atom. The van der Waals surface area contributed by atoms with Gasteiger partial charge in [-0.05, 0) is 0 Å². The Morgan fingerprint density at radius 2 is 2.50 bits per heavy atom. The monoisotopic (exact) mass is 280 g/mol. The molecule has 0 bridgehead atoms. The molecule has 0 spiro atoms. The maximum absolute atomic E-state index is 9.88. The maximum atomic E-state index is 9.88. The second-order valence-corrected chi connectivity index (χ2v) is 1.56. The van der Waals surface area contributed by atoms with Gasteiger partial charge in [0.05, 0.1) is 0 Å². The van der Waals surface area contributed by atoms with Gasteiger partial charge >= 0.3 is 52.3 Å². The van der Waals surface area contributed by atoms with E-state index in [1.165, 1.54) is 0 Å². The number of carbonyl (C=O) groups is 1. The first-order chi connectivity index (χ1) is 2.81. The van der Waals surface area contributed by atoms with Crippen molar-refractivity contribution in [3.63, 3.8) is 0 Å². The Balaban J connectivity index is 3.23. The summed E-state index contributed by atoms with van der Waals surface area (Å²) in [5.74, 6) is -0.319. The molecule has 32 valence electrons. The van der Waals surface area contributed by atoms with Gasteiger partial charge in [-0.3, -0.25) is 0 Å². The summed E-state index contributed by atoms with van der Waals surface area (Å²) < 4.78 is 4.31. The van der Waals surface area contributed by atoms with Gasteiger partial charge in [-0.1, -0.05) is 0 Å². The van der Waals surface area contributed by atoms with Crippen LogP contribution in [0, 0.1) is 0 Å². The van der Waals surface area contributed by atoms with Crippen LogP contribution in [0.15, 0.2) is 12.7 Å². The van der Waals surface area contributed by atoms with E-state index in [2.05, 4.69) is 9.27 Å². The average molecular weight is 279 g/mol. The van der Waals surface area contributed by atoms with Crippen LogP contribution < -0.4 is 0 Å². The van der Waals surface area contributed by atoms with Crippen LogP contribution in [0.4, 0.5) is 0 Å². The van der Waals surface area contributed by atoms with Crippen molar-refractivity contribution in [3.8, 4) is 0 Å². The molecular weight excluding hydrogens is 275 g/mol. The molecule has 0 rings (SSSR count). The van der Waals surface area contributed by atoms with Crippen LogP contribution in [-0.4, -0.2) is 32.2 Å². The van der Waals surface area contributed by atoms with Gasteiger partial charge < -0.3 is 0 Å². The van der Waals surface area contributed by atoms with E-state index in [0.29, 0.717) is 26.2 Å². The fraction of sp³-hybridized carbons (Fsp3) is 0. The molecule has 2 nitrogen and oxygen atoms in total. The molecule has 0 saturated heterocycles. The summed E-state index contributed by atoms with van der Waals surface area (Å²) >= 11 is 0.292. The first-order valence-corrected chi connectivity index (χ1v) is 3.17. The van der Waals surface area contributed by atoms with Crippen LogP contribution in [-0.2, 0) is 7.48 Å². The Morgan fingerprint density at radius 1 is 2.00 bits per heavy atom. The summed E-state index contributed by atoms with van der Waals surface area (Å²) in [6.07, 6.45) is 1.15. The van der Waals surface area contributed by atoms with Crippen LogP contribution in [0.25, 0.3) is 0 Å². The molecule has 0 aromatic heterocycles. The van der Waals surface area contributed by atoms with Gasteiger partial charge in [0, 0.05) is 0 Å². The number of hydrogen-bond donors (Lipinski definition) is 0. The summed E-state index contributed by atoms with van der Waals surface area (Å²) in [4.78, 5) is 9.88. The standard InChI is InChI=1S/C3H4O2.Pb.H/c1-2-3(4)5;;/h2H,1H2,(H,4,5);;/q;+1;/p-1. The third-order valence-electron chi connectivity index (χ3n) is 0.283. The number of hydrogen-bond acceptors (Lipinski definition) is 2. The Hall–Kier alpha value is 0.132. The van der Waals surface area contributed by atoms with Crippen LogP contribution in [0.5, 0.6) is 0 Å². The normalized spacial score (nSPS) is 6.83. The molecule has 0 atom stereocenters. The molecule has 0 aliphatic carbocycles. The fourth-order valence-electron chi connectivity index (χ4n) is 0.0481. The van der Waals surface area contributed by atoms with Crippen LogP contribution in [0.1, 0.15) is 0 Å². The third kappa shape index (κ3) is 2.37. The van der Waals surface area contributed by atoms with E-state index < -0.39 is 0 Å². The van der Waals surface area contributed by atoms with Crippen molar-refractivity contribution in [2.75, 3.05) is 0 Å². The molecular formula is C3H4O2Pb. The minimum atomic E-state index is -0.319. The van der Waals surface area contributed by atoms with Gasteiger partial charge in [0.1, 0.15) is 0 Å². The van der Waals surface area contributed by atoms with E-state index >= 15 is 0 Å². The molecule has 0 fully saturated rings. The molecule has 0 aromatic rings. The Bertz CT molecular complexity index is 69.2. The van der Waals surface area contributed by atoms with Crippen LogP contribution in [0.3, 0.4) is 0 Å². The number of carbonyl (C=O) groups excluding carboxylic acids is 1. The van der Waals surface area contributed by atoms with E-state index in [4.69, 9.17) is 0 Å². The van der Waals surface area contributed by atoms with Gasteiger partial charge in [0.25, 0.3) is 0 Å². The summed E-state index contributed by atoms with van der Waals surface area (Å²) in [7, 11) is 0. The van der Waals surface area contributed by atoms with E-state index in [9.17, 15) is 4.79 Å². The molecule has 0 saturated carbocycles. The second kappa shape index (κ2) is 3.33. The fourth-order valence-corrected chi connectivity index (χ4v) is 0.422. The molecule has 2 radical (unpaired) electrons. The van der Waals surface area contributed by atoms with Crippen molar-refractivity contribution in [1.82, 2.24) is 0 Å². The summed E-state index contributed by atoms with van der Waals surface area (Å²) in [6.45, 7) is 3.18. The zero-order valence-electron chi connectivity index (χ0n) is 3.18. The molecule has 0 aromatic carbocycles. The van der Waals surface area contributed by atoms with Gasteiger partial charge in [-0.25, -0.2) is 0 Å². The first-order valence-electron chi connectivity index (χ1n) is 1.34. The topological polar surface area (TPSA) is 26.3 Å². The molecule has 0 aliphatic rings.